The highest BCUT2D eigenvalue weighted by Crippen LogP contribution is 2.25. The molecule has 84 valence electrons. The highest BCUT2D eigenvalue weighted by Gasteiger charge is 2.24. The van der Waals surface area contributed by atoms with Gasteiger partial charge in [-0.1, -0.05) is 25.9 Å². The average molecular weight is 210 g/mol. The maximum atomic E-state index is 8.69. The quantitative estimate of drug-likeness (QED) is 0.334. The van der Waals surface area contributed by atoms with Crippen molar-refractivity contribution in [2.75, 3.05) is 0 Å². The zero-order valence-electron chi connectivity index (χ0n) is 9.65. The van der Waals surface area contributed by atoms with Crippen molar-refractivity contribution in [3.05, 3.63) is 17.5 Å². The van der Waals surface area contributed by atoms with Crippen molar-refractivity contribution in [1.29, 1.82) is 0 Å². The van der Waals surface area contributed by atoms with Gasteiger partial charge in [-0.3, -0.25) is 4.68 Å². The van der Waals surface area contributed by atoms with Gasteiger partial charge >= 0.3 is 0 Å². The summed E-state index contributed by atoms with van der Waals surface area (Å²) in [6.07, 6.45) is 1.64. The Morgan fingerprint density at radius 2 is 2.20 bits per heavy atom. The largest absolute Gasteiger partial charge is 0.409 e. The molecule has 3 N–H and O–H groups in total. The van der Waals surface area contributed by atoms with E-state index in [4.69, 9.17) is 10.9 Å². The smallest absolute Gasteiger partial charge is 0.173 e. The molecule has 0 aliphatic carbocycles. The predicted molar refractivity (Wildman–Crippen MR) is 59.1 cm³/mol. The second-order valence-corrected chi connectivity index (χ2v) is 4.46. The minimum atomic E-state index is -0.0862. The third kappa shape index (κ3) is 2.11. The van der Waals surface area contributed by atoms with Gasteiger partial charge < -0.3 is 10.9 Å². The molecule has 0 saturated carbocycles. The number of nitrogens with zero attached hydrogens (tertiary/aromatic N) is 3. The molecule has 0 unspecified atom stereocenters. The Morgan fingerprint density at radius 1 is 1.60 bits per heavy atom. The van der Waals surface area contributed by atoms with E-state index in [1.165, 1.54) is 0 Å². The standard InChI is InChI=1S/C10H18N4O/c1-5-14-8(10(2,3)4)7(6-12-14)9(11)13-15/h6,15H,5H2,1-4H3,(H2,11,13). The SMILES string of the molecule is CCn1ncc(/C(N)=N\O)c1C(C)(C)C. The number of amidine groups is 1. The van der Waals surface area contributed by atoms with Crippen LogP contribution >= 0.6 is 0 Å². The lowest BCUT2D eigenvalue weighted by Gasteiger charge is -2.21. The number of aromatic nitrogens is 2. The van der Waals surface area contributed by atoms with E-state index in [9.17, 15) is 0 Å². The lowest BCUT2D eigenvalue weighted by Crippen LogP contribution is -2.24. The zero-order valence-corrected chi connectivity index (χ0v) is 9.65. The van der Waals surface area contributed by atoms with Gasteiger partial charge in [-0.2, -0.15) is 5.10 Å². The van der Waals surface area contributed by atoms with E-state index in [0.29, 0.717) is 5.56 Å². The fourth-order valence-electron chi connectivity index (χ4n) is 1.66. The van der Waals surface area contributed by atoms with E-state index in [1.54, 1.807) is 6.20 Å². The van der Waals surface area contributed by atoms with E-state index in [1.807, 2.05) is 11.6 Å². The number of rotatable bonds is 2. The molecule has 15 heavy (non-hydrogen) atoms. The molecule has 0 fully saturated rings. The molecular weight excluding hydrogens is 192 g/mol. The average Bonchev–Trinajstić information content (AvgIpc) is 2.59. The minimum Gasteiger partial charge on any atom is -0.409 e. The zero-order chi connectivity index (χ0) is 11.6. The van der Waals surface area contributed by atoms with E-state index in [2.05, 4.69) is 31.0 Å². The molecule has 0 aromatic carbocycles. The second-order valence-electron chi connectivity index (χ2n) is 4.46. The van der Waals surface area contributed by atoms with Gasteiger partial charge in [0.1, 0.15) is 0 Å². The Kier molecular flexibility index (Phi) is 3.02. The minimum absolute atomic E-state index is 0.0862. The molecule has 1 heterocycles. The molecule has 0 atom stereocenters. The molecule has 5 nitrogen and oxygen atoms in total. The third-order valence-electron chi connectivity index (χ3n) is 2.23. The molecule has 0 radical (unpaired) electrons. The molecule has 0 aliphatic heterocycles. The van der Waals surface area contributed by atoms with Gasteiger partial charge in [-0.05, 0) is 6.92 Å². The first-order valence-electron chi connectivity index (χ1n) is 4.96. The number of hydrogen-bond acceptors (Lipinski definition) is 3. The molecule has 0 saturated heterocycles. The Balaban J connectivity index is 3.37. The monoisotopic (exact) mass is 210 g/mol. The maximum Gasteiger partial charge on any atom is 0.173 e. The van der Waals surface area contributed by atoms with Gasteiger partial charge in [0.05, 0.1) is 17.5 Å². The number of nitrogens with two attached hydrogens (primary N) is 1. The summed E-state index contributed by atoms with van der Waals surface area (Å²) >= 11 is 0. The van der Waals surface area contributed by atoms with Crippen molar-refractivity contribution in [3.8, 4) is 0 Å². The van der Waals surface area contributed by atoms with Gasteiger partial charge in [-0.15, -0.1) is 0 Å². The van der Waals surface area contributed by atoms with Crippen LogP contribution in [-0.2, 0) is 12.0 Å². The fourth-order valence-corrected chi connectivity index (χ4v) is 1.66. The van der Waals surface area contributed by atoms with E-state index in [0.717, 1.165) is 12.2 Å². The molecule has 0 bridgehead atoms. The molecular formula is C10H18N4O. The summed E-state index contributed by atoms with van der Waals surface area (Å²) in [4.78, 5) is 0. The number of aryl methyl sites for hydroxylation is 1. The Hall–Kier alpha value is -1.52. The van der Waals surface area contributed by atoms with Crippen LogP contribution in [0.15, 0.2) is 11.4 Å². The van der Waals surface area contributed by atoms with Gasteiger partial charge in [0.15, 0.2) is 5.84 Å². The van der Waals surface area contributed by atoms with Crippen molar-refractivity contribution in [1.82, 2.24) is 9.78 Å². The molecule has 0 amide bonds. The van der Waals surface area contributed by atoms with E-state index >= 15 is 0 Å². The van der Waals surface area contributed by atoms with Crippen LogP contribution in [0.4, 0.5) is 0 Å². The van der Waals surface area contributed by atoms with Crippen LogP contribution in [-0.4, -0.2) is 20.8 Å². The molecule has 0 spiro atoms. The van der Waals surface area contributed by atoms with Crippen molar-refractivity contribution in [3.63, 3.8) is 0 Å². The van der Waals surface area contributed by atoms with Gasteiger partial charge in [0.25, 0.3) is 0 Å². The summed E-state index contributed by atoms with van der Waals surface area (Å²) < 4.78 is 1.87. The molecule has 1 aromatic heterocycles. The van der Waals surface area contributed by atoms with Gasteiger partial charge in [0.2, 0.25) is 0 Å². The van der Waals surface area contributed by atoms with Crippen LogP contribution < -0.4 is 5.73 Å². The Bertz CT molecular complexity index is 373. The first-order chi connectivity index (χ1) is 6.91. The second kappa shape index (κ2) is 3.92. The molecule has 0 aliphatic rings. The van der Waals surface area contributed by atoms with Crippen molar-refractivity contribution in [2.24, 2.45) is 10.9 Å². The topological polar surface area (TPSA) is 76.4 Å². The van der Waals surface area contributed by atoms with Gasteiger partial charge in [-0.25, -0.2) is 0 Å². The summed E-state index contributed by atoms with van der Waals surface area (Å²) in [6, 6.07) is 0. The maximum absolute atomic E-state index is 8.69. The highest BCUT2D eigenvalue weighted by atomic mass is 16.4. The predicted octanol–water partition coefficient (Wildman–Crippen LogP) is 1.29. The van der Waals surface area contributed by atoms with E-state index in [-0.39, 0.29) is 11.3 Å². The Morgan fingerprint density at radius 3 is 2.60 bits per heavy atom. The van der Waals surface area contributed by atoms with Crippen LogP contribution in [0.3, 0.4) is 0 Å². The molecule has 1 aromatic rings. The van der Waals surface area contributed by atoms with Gasteiger partial charge in [0, 0.05) is 12.0 Å². The molecule has 1 rings (SSSR count). The van der Waals surface area contributed by atoms with E-state index < -0.39 is 0 Å². The van der Waals surface area contributed by atoms with Crippen molar-refractivity contribution in [2.45, 2.75) is 39.7 Å². The summed E-state index contributed by atoms with van der Waals surface area (Å²) in [7, 11) is 0. The van der Waals surface area contributed by atoms with Crippen LogP contribution in [0.2, 0.25) is 0 Å². The van der Waals surface area contributed by atoms with Crippen LogP contribution in [0.5, 0.6) is 0 Å². The van der Waals surface area contributed by atoms with Crippen molar-refractivity contribution < 1.29 is 5.21 Å². The summed E-state index contributed by atoms with van der Waals surface area (Å²) in [5.41, 5.74) is 7.21. The highest BCUT2D eigenvalue weighted by molar-refractivity contribution is 5.98. The number of hydrogen-bond donors (Lipinski definition) is 2. The van der Waals surface area contributed by atoms with Crippen LogP contribution in [0.25, 0.3) is 0 Å². The molecule has 5 heteroatoms. The summed E-state index contributed by atoms with van der Waals surface area (Å²) in [6.45, 7) is 9.00. The summed E-state index contributed by atoms with van der Waals surface area (Å²) in [5.74, 6) is 0.111. The van der Waals surface area contributed by atoms with Crippen molar-refractivity contribution >= 4 is 5.84 Å². The first-order valence-corrected chi connectivity index (χ1v) is 4.96. The Labute approximate surface area is 89.6 Å². The van der Waals surface area contributed by atoms with Crippen LogP contribution in [0, 0.1) is 0 Å². The summed E-state index contributed by atoms with van der Waals surface area (Å²) in [5, 5.41) is 15.9. The third-order valence-corrected chi connectivity index (χ3v) is 2.23. The lowest BCUT2D eigenvalue weighted by atomic mass is 9.89. The fraction of sp³-hybridized carbons (Fsp3) is 0.600. The number of oxime groups is 1. The van der Waals surface area contributed by atoms with Crippen LogP contribution in [0.1, 0.15) is 39.0 Å². The normalized spacial score (nSPS) is 13.2. The first kappa shape index (κ1) is 11.6. The lowest BCUT2D eigenvalue weighted by molar-refractivity contribution is 0.318.